The zero-order valence-electron chi connectivity index (χ0n) is 14.7. The number of carbonyl (C=O) groups is 1. The Labute approximate surface area is 159 Å². The second kappa shape index (κ2) is 7.59. The Hall–Kier alpha value is -3.19. The van der Waals surface area contributed by atoms with E-state index in [1.165, 1.54) is 22.9 Å². The molecule has 0 saturated heterocycles. The molecule has 0 unspecified atom stereocenters. The summed E-state index contributed by atoms with van der Waals surface area (Å²) in [4.78, 5) is 36.7. The van der Waals surface area contributed by atoms with Gasteiger partial charge in [-0.2, -0.15) is 5.10 Å². The molecule has 0 fully saturated rings. The van der Waals surface area contributed by atoms with Crippen molar-refractivity contribution in [2.45, 2.75) is 20.4 Å². The highest BCUT2D eigenvalue weighted by molar-refractivity contribution is 6.31. The fourth-order valence-corrected chi connectivity index (χ4v) is 2.83. The van der Waals surface area contributed by atoms with Crippen molar-refractivity contribution in [1.82, 2.24) is 14.8 Å². The fraction of sp³-hybridized carbons (Fsp3) is 0.158. The zero-order chi connectivity index (χ0) is 19.6. The maximum atomic E-state index is 12.5. The highest BCUT2D eigenvalue weighted by Gasteiger charge is 2.16. The number of halogens is 1. The number of rotatable bonds is 4. The van der Waals surface area contributed by atoms with Crippen molar-refractivity contribution in [3.63, 3.8) is 0 Å². The molecule has 3 rings (SSSR count). The number of pyridine rings is 1. The van der Waals surface area contributed by atoms with Gasteiger partial charge in [-0.3, -0.25) is 14.4 Å². The second-order valence-electron chi connectivity index (χ2n) is 6.07. The van der Waals surface area contributed by atoms with Gasteiger partial charge in [0.1, 0.15) is 5.56 Å². The minimum absolute atomic E-state index is 0.00801. The van der Waals surface area contributed by atoms with Gasteiger partial charge in [-0.15, -0.1) is 0 Å². The van der Waals surface area contributed by atoms with Crippen molar-refractivity contribution in [3.8, 4) is 0 Å². The molecule has 8 heteroatoms. The number of benzene rings is 1. The lowest BCUT2D eigenvalue weighted by Crippen LogP contribution is -2.27. The predicted molar refractivity (Wildman–Crippen MR) is 104 cm³/mol. The molecule has 0 aliphatic rings. The Bertz CT molecular complexity index is 1130. The van der Waals surface area contributed by atoms with Gasteiger partial charge >= 0.3 is 0 Å². The number of anilines is 1. The van der Waals surface area contributed by atoms with Crippen LogP contribution in [0, 0.1) is 13.8 Å². The van der Waals surface area contributed by atoms with Crippen LogP contribution in [0.1, 0.15) is 27.2 Å². The van der Waals surface area contributed by atoms with Crippen LogP contribution in [0.25, 0.3) is 0 Å². The van der Waals surface area contributed by atoms with Crippen molar-refractivity contribution in [3.05, 3.63) is 90.7 Å². The lowest BCUT2D eigenvalue weighted by Gasteiger charge is -2.11. The van der Waals surface area contributed by atoms with Crippen LogP contribution in [0.4, 0.5) is 5.69 Å². The van der Waals surface area contributed by atoms with Gasteiger partial charge < -0.3 is 9.88 Å². The van der Waals surface area contributed by atoms with Crippen LogP contribution in [0.3, 0.4) is 0 Å². The maximum absolute atomic E-state index is 12.5. The standard InChI is InChI=1S/C19H17ClN4O3/c1-11-12(2)22-23-19(27)17(11)18(26)21-14-7-8-16(25)24(10-14)9-13-5-3-4-6-15(13)20/h3-8,10H,9H2,1-2H3,(H,21,26)(H,23,27). The number of H-pyrrole nitrogens is 1. The van der Waals surface area contributed by atoms with Gasteiger partial charge in [-0.25, -0.2) is 5.10 Å². The normalized spacial score (nSPS) is 10.6. The highest BCUT2D eigenvalue weighted by atomic mass is 35.5. The number of nitrogens with one attached hydrogen (secondary N) is 2. The number of aryl methyl sites for hydroxylation is 1. The Morgan fingerprint density at radius 1 is 1.19 bits per heavy atom. The zero-order valence-corrected chi connectivity index (χ0v) is 15.5. The largest absolute Gasteiger partial charge is 0.320 e. The van der Waals surface area contributed by atoms with Crippen LogP contribution in [0.15, 0.2) is 52.2 Å². The molecule has 0 radical (unpaired) electrons. The second-order valence-corrected chi connectivity index (χ2v) is 6.47. The van der Waals surface area contributed by atoms with Gasteiger partial charge in [0.25, 0.3) is 17.0 Å². The third kappa shape index (κ3) is 3.98. The van der Waals surface area contributed by atoms with Crippen molar-refractivity contribution < 1.29 is 4.79 Å². The van der Waals surface area contributed by atoms with Crippen molar-refractivity contribution in [2.75, 3.05) is 5.32 Å². The average Bonchev–Trinajstić information content (AvgIpc) is 2.63. The molecule has 0 bridgehead atoms. The summed E-state index contributed by atoms with van der Waals surface area (Å²) in [5.74, 6) is -0.567. The fourth-order valence-electron chi connectivity index (χ4n) is 2.63. The quantitative estimate of drug-likeness (QED) is 0.722. The molecule has 1 amide bonds. The summed E-state index contributed by atoms with van der Waals surface area (Å²) in [5, 5.41) is 9.34. The first-order valence-corrected chi connectivity index (χ1v) is 8.55. The Morgan fingerprint density at radius 2 is 1.93 bits per heavy atom. The van der Waals surface area contributed by atoms with E-state index >= 15 is 0 Å². The predicted octanol–water partition coefficient (Wildman–Crippen LogP) is 2.50. The van der Waals surface area contributed by atoms with Gasteiger partial charge in [0.05, 0.1) is 17.9 Å². The number of aromatic amines is 1. The molecule has 0 saturated carbocycles. The number of nitrogens with zero attached hydrogens (tertiary/aromatic N) is 2. The third-order valence-electron chi connectivity index (χ3n) is 4.24. The van der Waals surface area contributed by atoms with Crippen LogP contribution < -0.4 is 16.4 Å². The SMILES string of the molecule is Cc1n[nH]c(=O)c(C(=O)Nc2ccc(=O)n(Cc3ccccc3Cl)c2)c1C. The average molecular weight is 385 g/mol. The molecule has 138 valence electrons. The number of hydrogen-bond donors (Lipinski definition) is 2. The maximum Gasteiger partial charge on any atom is 0.277 e. The first-order chi connectivity index (χ1) is 12.9. The Morgan fingerprint density at radius 3 is 2.67 bits per heavy atom. The highest BCUT2D eigenvalue weighted by Crippen LogP contribution is 2.16. The molecule has 0 spiro atoms. The summed E-state index contributed by atoms with van der Waals surface area (Å²) in [6.45, 7) is 3.62. The minimum atomic E-state index is -0.569. The van der Waals surface area contributed by atoms with Crippen LogP contribution in [0.5, 0.6) is 0 Å². The van der Waals surface area contributed by atoms with Gasteiger partial charge in [0, 0.05) is 17.3 Å². The molecule has 2 heterocycles. The van der Waals surface area contributed by atoms with Crippen molar-refractivity contribution in [1.29, 1.82) is 0 Å². The monoisotopic (exact) mass is 384 g/mol. The van der Waals surface area contributed by atoms with E-state index < -0.39 is 11.5 Å². The molecular weight excluding hydrogens is 368 g/mol. The molecule has 2 aromatic heterocycles. The first kappa shape index (κ1) is 18.6. The number of hydrogen-bond acceptors (Lipinski definition) is 4. The topological polar surface area (TPSA) is 96.8 Å². The van der Waals surface area contributed by atoms with E-state index in [1.807, 2.05) is 18.2 Å². The number of aromatic nitrogens is 3. The molecule has 0 aliphatic carbocycles. The summed E-state index contributed by atoms with van der Waals surface area (Å²) < 4.78 is 1.44. The molecule has 7 nitrogen and oxygen atoms in total. The van der Waals surface area contributed by atoms with E-state index in [0.717, 1.165) is 5.56 Å². The summed E-state index contributed by atoms with van der Waals surface area (Å²) in [5.41, 5.74) is 1.42. The number of carbonyl (C=O) groups excluding carboxylic acids is 1. The molecular formula is C19H17ClN4O3. The molecule has 0 atom stereocenters. The minimum Gasteiger partial charge on any atom is -0.320 e. The summed E-state index contributed by atoms with van der Waals surface area (Å²) in [6, 6.07) is 10.0. The van der Waals surface area contributed by atoms with E-state index in [-0.39, 0.29) is 17.7 Å². The molecule has 1 aromatic carbocycles. The third-order valence-corrected chi connectivity index (χ3v) is 4.61. The molecule has 0 aliphatic heterocycles. The van der Waals surface area contributed by atoms with Crippen molar-refractivity contribution >= 4 is 23.2 Å². The van der Waals surface area contributed by atoms with Crippen LogP contribution in [-0.4, -0.2) is 20.7 Å². The summed E-state index contributed by atoms with van der Waals surface area (Å²) in [6.07, 6.45) is 1.52. The van der Waals surface area contributed by atoms with Crippen molar-refractivity contribution in [2.24, 2.45) is 0 Å². The smallest absolute Gasteiger partial charge is 0.277 e. The van der Waals surface area contributed by atoms with E-state index in [0.29, 0.717) is 22.0 Å². The Kier molecular flexibility index (Phi) is 5.23. The van der Waals surface area contributed by atoms with Gasteiger partial charge in [0.15, 0.2) is 0 Å². The molecule has 2 N–H and O–H groups in total. The van der Waals surface area contributed by atoms with E-state index in [9.17, 15) is 14.4 Å². The Balaban J connectivity index is 1.90. The molecule has 27 heavy (non-hydrogen) atoms. The summed E-state index contributed by atoms with van der Waals surface area (Å²) in [7, 11) is 0. The molecule has 3 aromatic rings. The van der Waals surface area contributed by atoms with E-state index in [1.54, 1.807) is 19.9 Å². The van der Waals surface area contributed by atoms with Crippen LogP contribution in [0.2, 0.25) is 5.02 Å². The lowest BCUT2D eigenvalue weighted by atomic mass is 10.1. The summed E-state index contributed by atoms with van der Waals surface area (Å²) >= 11 is 6.15. The number of amides is 1. The van der Waals surface area contributed by atoms with Gasteiger partial charge in [-0.1, -0.05) is 29.8 Å². The van der Waals surface area contributed by atoms with Gasteiger partial charge in [-0.05, 0) is 37.1 Å². The lowest BCUT2D eigenvalue weighted by molar-refractivity contribution is 0.102. The van der Waals surface area contributed by atoms with Crippen LogP contribution in [-0.2, 0) is 6.54 Å². The van der Waals surface area contributed by atoms with E-state index in [2.05, 4.69) is 15.5 Å². The van der Waals surface area contributed by atoms with Crippen LogP contribution >= 0.6 is 11.6 Å². The first-order valence-electron chi connectivity index (χ1n) is 8.18. The van der Waals surface area contributed by atoms with Gasteiger partial charge in [0.2, 0.25) is 0 Å². The van der Waals surface area contributed by atoms with E-state index in [4.69, 9.17) is 11.6 Å².